The zero-order valence-corrected chi connectivity index (χ0v) is 24.3. The van der Waals surface area contributed by atoms with E-state index in [1.54, 1.807) is 7.11 Å². The Morgan fingerprint density at radius 1 is 1.11 bits per heavy atom. The second-order valence-electron chi connectivity index (χ2n) is 10.8. The van der Waals surface area contributed by atoms with Gasteiger partial charge in [-0.1, -0.05) is 24.3 Å². The molecule has 8 nitrogen and oxygen atoms in total. The monoisotopic (exact) mass is 541 g/mol. The lowest BCUT2D eigenvalue weighted by Crippen LogP contribution is -2.41. The van der Waals surface area contributed by atoms with E-state index in [0.29, 0.717) is 32.1 Å². The Hall–Kier alpha value is -2.88. The number of methoxy groups -OCH3 is 1. The van der Waals surface area contributed by atoms with Gasteiger partial charge in [-0.15, -0.1) is 16.9 Å². The summed E-state index contributed by atoms with van der Waals surface area (Å²) in [5.41, 5.74) is 2.35. The zero-order valence-electron chi connectivity index (χ0n) is 23.4. The molecule has 0 N–H and O–H groups in total. The molecule has 0 fully saturated rings. The van der Waals surface area contributed by atoms with Crippen molar-refractivity contribution in [1.29, 1.82) is 0 Å². The largest absolute Gasteiger partial charge is 0.469 e. The summed E-state index contributed by atoms with van der Waals surface area (Å²) in [6, 6.07) is 15.8. The van der Waals surface area contributed by atoms with E-state index in [0.717, 1.165) is 21.7 Å². The van der Waals surface area contributed by atoms with Crippen LogP contribution in [0.2, 0.25) is 0 Å². The Labute approximate surface area is 230 Å². The second-order valence-corrected chi connectivity index (χ2v) is 12.5. The van der Waals surface area contributed by atoms with Crippen molar-refractivity contribution in [3.05, 3.63) is 59.7 Å². The smallest absolute Gasteiger partial charge is 0.322 e. The topological polar surface area (TPSA) is 80.7 Å². The van der Waals surface area contributed by atoms with Crippen LogP contribution in [-0.2, 0) is 30.3 Å². The van der Waals surface area contributed by atoms with Crippen LogP contribution in [0, 0.1) is 6.92 Å². The van der Waals surface area contributed by atoms with Gasteiger partial charge in [0.15, 0.2) is 6.61 Å². The molecule has 0 aliphatic carbocycles. The average molecular weight is 542 g/mol. The highest BCUT2D eigenvalue weighted by atomic mass is 32.2. The van der Waals surface area contributed by atoms with Crippen molar-refractivity contribution in [2.24, 2.45) is 5.10 Å². The lowest BCUT2D eigenvalue weighted by Gasteiger charge is -2.28. The van der Waals surface area contributed by atoms with Crippen LogP contribution in [0.5, 0.6) is 0 Å². The first kappa shape index (κ1) is 29.7. The van der Waals surface area contributed by atoms with Crippen LogP contribution >= 0.6 is 11.8 Å². The van der Waals surface area contributed by atoms with Crippen molar-refractivity contribution >= 4 is 35.2 Å². The molecule has 38 heavy (non-hydrogen) atoms. The number of aryl methyl sites for hydroxylation is 1. The van der Waals surface area contributed by atoms with E-state index >= 15 is 0 Å². The summed E-state index contributed by atoms with van der Waals surface area (Å²) in [5, 5.41) is 5.92. The first-order valence-electron chi connectivity index (χ1n) is 12.7. The molecular formula is C29H39N3O5S. The van der Waals surface area contributed by atoms with Crippen LogP contribution in [0.4, 0.5) is 5.69 Å². The summed E-state index contributed by atoms with van der Waals surface area (Å²) >= 11 is 1.48. The average Bonchev–Trinajstić information content (AvgIpc) is 2.83. The van der Waals surface area contributed by atoms with Gasteiger partial charge in [0.05, 0.1) is 18.8 Å². The first-order chi connectivity index (χ1) is 17.9. The van der Waals surface area contributed by atoms with Crippen molar-refractivity contribution in [3.8, 4) is 0 Å². The second kappa shape index (κ2) is 12.8. The quantitative estimate of drug-likeness (QED) is 0.291. The van der Waals surface area contributed by atoms with Crippen molar-refractivity contribution in [1.82, 2.24) is 4.90 Å². The number of rotatable bonds is 11. The minimum Gasteiger partial charge on any atom is -0.469 e. The predicted molar refractivity (Wildman–Crippen MR) is 151 cm³/mol. The maximum atomic E-state index is 12.6. The number of benzene rings is 2. The highest BCUT2D eigenvalue weighted by Gasteiger charge is 2.33. The van der Waals surface area contributed by atoms with Crippen LogP contribution in [0.25, 0.3) is 0 Å². The van der Waals surface area contributed by atoms with Gasteiger partial charge in [-0.05, 0) is 76.9 Å². The third-order valence-corrected chi connectivity index (χ3v) is 6.80. The van der Waals surface area contributed by atoms with E-state index in [2.05, 4.69) is 22.1 Å². The Kier molecular flexibility index (Phi) is 9.98. The fourth-order valence-corrected chi connectivity index (χ4v) is 4.71. The van der Waals surface area contributed by atoms with E-state index in [1.165, 1.54) is 16.8 Å². The molecule has 2 aromatic rings. The number of hydrogen-bond donors (Lipinski definition) is 0. The fourth-order valence-electron chi connectivity index (χ4n) is 3.73. The normalized spacial score (nSPS) is 14.4. The summed E-state index contributed by atoms with van der Waals surface area (Å²) in [4.78, 5) is 28.3. The van der Waals surface area contributed by atoms with Crippen LogP contribution in [0.15, 0.2) is 58.5 Å². The van der Waals surface area contributed by atoms with Gasteiger partial charge in [0.2, 0.25) is 5.90 Å². The summed E-state index contributed by atoms with van der Waals surface area (Å²) < 4.78 is 15.9. The van der Waals surface area contributed by atoms with Gasteiger partial charge in [-0.25, -0.2) is 0 Å². The maximum absolute atomic E-state index is 12.6. The molecule has 0 atom stereocenters. The molecule has 0 radical (unpaired) electrons. The van der Waals surface area contributed by atoms with Crippen LogP contribution in [0.1, 0.15) is 45.7 Å². The number of ether oxygens (including phenoxy) is 3. The van der Waals surface area contributed by atoms with Gasteiger partial charge in [0.25, 0.3) is 5.91 Å². The van der Waals surface area contributed by atoms with E-state index in [4.69, 9.17) is 14.2 Å². The number of carbonyl (C=O) groups excluding carboxylic acids is 2. The first-order valence-corrected chi connectivity index (χ1v) is 13.5. The van der Waals surface area contributed by atoms with Crippen molar-refractivity contribution < 1.29 is 23.8 Å². The molecule has 0 bridgehead atoms. The van der Waals surface area contributed by atoms with Crippen LogP contribution in [0.3, 0.4) is 0 Å². The highest BCUT2D eigenvalue weighted by Crippen LogP contribution is 2.34. The summed E-state index contributed by atoms with van der Waals surface area (Å²) in [7, 11) is 1.67. The lowest BCUT2D eigenvalue weighted by molar-refractivity contribution is -0.156. The highest BCUT2D eigenvalue weighted by molar-refractivity contribution is 8.01. The number of thioether (sulfide) groups is 1. The number of esters is 1. The van der Waals surface area contributed by atoms with Gasteiger partial charge in [0, 0.05) is 25.1 Å². The SMILES string of the molecule is COCCN(CC1=NN(c2cccc(C)c2)C(=O)CO1)Cc1ccc(SC(C)(C)C(=O)OC(C)(C)C)cc1. The molecule has 1 aliphatic rings. The third-order valence-electron chi connectivity index (χ3n) is 5.62. The van der Waals surface area contributed by atoms with E-state index in [1.807, 2.05) is 77.9 Å². The molecule has 1 heterocycles. The summed E-state index contributed by atoms with van der Waals surface area (Å²) in [5.74, 6) is 0.0370. The lowest BCUT2D eigenvalue weighted by atomic mass is 10.1. The Bertz CT molecular complexity index is 1140. The van der Waals surface area contributed by atoms with Crippen LogP contribution < -0.4 is 5.01 Å². The number of nitrogens with zero attached hydrogens (tertiary/aromatic N) is 3. The minimum atomic E-state index is -0.712. The minimum absolute atomic E-state index is 0.0513. The molecule has 3 rings (SSSR count). The summed E-state index contributed by atoms with van der Waals surface area (Å²) in [6.07, 6.45) is 0. The van der Waals surface area contributed by atoms with Crippen molar-refractivity contribution in [3.63, 3.8) is 0 Å². The van der Waals surface area contributed by atoms with Crippen molar-refractivity contribution in [2.45, 2.75) is 63.3 Å². The molecule has 0 saturated carbocycles. The Morgan fingerprint density at radius 3 is 2.45 bits per heavy atom. The maximum Gasteiger partial charge on any atom is 0.322 e. The molecule has 9 heteroatoms. The zero-order chi connectivity index (χ0) is 27.9. The number of amides is 1. The van der Waals surface area contributed by atoms with Gasteiger partial charge >= 0.3 is 5.97 Å². The molecule has 1 amide bonds. The Balaban J connectivity index is 1.68. The molecule has 206 valence electrons. The van der Waals surface area contributed by atoms with E-state index in [9.17, 15) is 9.59 Å². The molecule has 0 saturated heterocycles. The number of hydrogen-bond acceptors (Lipinski definition) is 8. The molecule has 0 spiro atoms. The number of carbonyl (C=O) groups is 2. The Morgan fingerprint density at radius 2 is 1.82 bits per heavy atom. The fraction of sp³-hybridized carbons (Fsp3) is 0.483. The van der Waals surface area contributed by atoms with E-state index < -0.39 is 10.3 Å². The number of anilines is 1. The number of hydrazone groups is 1. The van der Waals surface area contributed by atoms with Crippen molar-refractivity contribution in [2.75, 3.05) is 38.4 Å². The van der Waals surface area contributed by atoms with Gasteiger partial charge < -0.3 is 14.2 Å². The van der Waals surface area contributed by atoms with Crippen LogP contribution in [-0.4, -0.2) is 66.4 Å². The van der Waals surface area contributed by atoms with Gasteiger partial charge in [-0.2, -0.15) is 5.01 Å². The molecule has 1 aliphatic heterocycles. The van der Waals surface area contributed by atoms with Gasteiger partial charge in [-0.3, -0.25) is 14.5 Å². The molecular weight excluding hydrogens is 502 g/mol. The molecule has 0 unspecified atom stereocenters. The standard InChI is InChI=1S/C29H39N3O5S/c1-21-9-8-10-23(17-21)32-26(33)20-36-25(30-32)19-31(15-16-35-7)18-22-11-13-24(14-12-22)38-29(5,6)27(34)37-28(2,3)4/h8-14,17H,15-16,18-20H2,1-7H3. The molecule has 2 aromatic carbocycles. The molecule has 0 aromatic heterocycles. The summed E-state index contributed by atoms with van der Waals surface area (Å²) in [6.45, 7) is 13.6. The van der Waals surface area contributed by atoms with Gasteiger partial charge in [0.1, 0.15) is 10.3 Å². The third kappa shape index (κ3) is 8.85. The van der Waals surface area contributed by atoms with E-state index in [-0.39, 0.29) is 18.5 Å². The predicted octanol–water partition coefficient (Wildman–Crippen LogP) is 5.03.